The fraction of sp³-hybridized carbons (Fsp3) is 0.542. The van der Waals surface area contributed by atoms with Gasteiger partial charge in [0.05, 0.1) is 24.2 Å². The molecule has 1 aliphatic rings. The first kappa shape index (κ1) is 22.8. The molecule has 0 spiro atoms. The van der Waals surface area contributed by atoms with E-state index in [1.165, 1.54) is 5.56 Å². The van der Waals surface area contributed by atoms with Gasteiger partial charge in [-0.3, -0.25) is 0 Å². The third-order valence-corrected chi connectivity index (χ3v) is 5.57. The minimum absolute atomic E-state index is 0.0854. The summed E-state index contributed by atoms with van der Waals surface area (Å²) in [7, 11) is 0. The maximum Gasteiger partial charge on any atom is 0.410 e. The second kappa shape index (κ2) is 9.12. The number of hydrogen-bond donors (Lipinski definition) is 0. The van der Waals surface area contributed by atoms with Crippen LogP contribution in [-0.2, 0) is 9.47 Å². The van der Waals surface area contributed by atoms with Gasteiger partial charge in [-0.2, -0.15) is 5.10 Å². The molecule has 1 fully saturated rings. The number of aryl methyl sites for hydroxylation is 2. The molecule has 168 valence electrons. The summed E-state index contributed by atoms with van der Waals surface area (Å²) in [6, 6.07) is 6.16. The monoisotopic (exact) mass is 427 g/mol. The number of hydrogen-bond acceptors (Lipinski definition) is 5. The van der Waals surface area contributed by atoms with Crippen molar-refractivity contribution in [2.24, 2.45) is 0 Å². The van der Waals surface area contributed by atoms with Gasteiger partial charge in [-0.1, -0.05) is 6.07 Å². The van der Waals surface area contributed by atoms with Crippen LogP contribution in [-0.4, -0.2) is 52.0 Å². The van der Waals surface area contributed by atoms with Crippen LogP contribution < -0.4 is 0 Å². The lowest BCUT2D eigenvalue weighted by Crippen LogP contribution is -2.41. The number of carbonyl (C=O) groups is 2. The van der Waals surface area contributed by atoms with Gasteiger partial charge in [-0.05, 0) is 77.6 Å². The van der Waals surface area contributed by atoms with Gasteiger partial charge in [0, 0.05) is 19.0 Å². The Labute approximate surface area is 184 Å². The molecule has 1 aromatic heterocycles. The van der Waals surface area contributed by atoms with Gasteiger partial charge < -0.3 is 14.4 Å². The van der Waals surface area contributed by atoms with Crippen LogP contribution in [0.2, 0.25) is 0 Å². The summed E-state index contributed by atoms with van der Waals surface area (Å²) in [6.45, 7) is 13.0. The van der Waals surface area contributed by atoms with Crippen molar-refractivity contribution in [1.82, 2.24) is 14.7 Å². The molecule has 0 saturated carbocycles. The molecule has 1 amide bonds. The first-order chi connectivity index (χ1) is 14.6. The normalized spacial score (nSPS) is 15.1. The van der Waals surface area contributed by atoms with Crippen molar-refractivity contribution in [2.45, 2.75) is 65.9 Å². The molecule has 31 heavy (non-hydrogen) atoms. The summed E-state index contributed by atoms with van der Waals surface area (Å²) < 4.78 is 12.7. The fourth-order valence-corrected chi connectivity index (χ4v) is 3.84. The zero-order valence-electron chi connectivity index (χ0n) is 19.4. The lowest BCUT2D eigenvalue weighted by atomic mass is 9.91. The summed E-state index contributed by atoms with van der Waals surface area (Å²) in [6.07, 6.45) is 2.76. The summed E-state index contributed by atoms with van der Waals surface area (Å²) in [5.41, 5.74) is 4.11. The van der Waals surface area contributed by atoms with Gasteiger partial charge in [0.15, 0.2) is 0 Å². The van der Waals surface area contributed by atoms with E-state index in [4.69, 9.17) is 9.47 Å². The summed E-state index contributed by atoms with van der Waals surface area (Å²) in [4.78, 5) is 26.8. The van der Waals surface area contributed by atoms with Gasteiger partial charge in [0.25, 0.3) is 0 Å². The van der Waals surface area contributed by atoms with Gasteiger partial charge in [0.1, 0.15) is 11.2 Å². The molecule has 1 aromatic carbocycles. The van der Waals surface area contributed by atoms with Crippen LogP contribution in [0.1, 0.15) is 73.6 Å². The van der Waals surface area contributed by atoms with Crippen molar-refractivity contribution in [3.05, 3.63) is 46.8 Å². The molecule has 0 bridgehead atoms. The Kier molecular flexibility index (Phi) is 6.72. The van der Waals surface area contributed by atoms with E-state index < -0.39 is 5.60 Å². The van der Waals surface area contributed by atoms with E-state index in [1.54, 1.807) is 18.0 Å². The van der Waals surface area contributed by atoms with E-state index in [0.29, 0.717) is 25.3 Å². The van der Waals surface area contributed by atoms with Crippen molar-refractivity contribution < 1.29 is 19.1 Å². The first-order valence-corrected chi connectivity index (χ1v) is 10.9. The summed E-state index contributed by atoms with van der Waals surface area (Å²) >= 11 is 0. The Morgan fingerprint density at radius 3 is 2.39 bits per heavy atom. The van der Waals surface area contributed by atoms with E-state index in [9.17, 15) is 9.59 Å². The SMILES string of the molecule is CCOC(=O)c1cnn(-c2ccc(C)c(C)c2)c1C1CCN(C(=O)OC(C)(C)C)CC1. The van der Waals surface area contributed by atoms with Crippen LogP contribution >= 0.6 is 0 Å². The van der Waals surface area contributed by atoms with Crippen LogP contribution in [0.25, 0.3) is 5.69 Å². The molecule has 0 radical (unpaired) electrons. The minimum Gasteiger partial charge on any atom is -0.462 e. The van der Waals surface area contributed by atoms with Crippen LogP contribution in [0.15, 0.2) is 24.4 Å². The Morgan fingerprint density at radius 2 is 1.81 bits per heavy atom. The van der Waals surface area contributed by atoms with E-state index in [-0.39, 0.29) is 18.0 Å². The van der Waals surface area contributed by atoms with Gasteiger partial charge in [0.2, 0.25) is 0 Å². The number of esters is 1. The number of nitrogens with zero attached hydrogens (tertiary/aromatic N) is 3. The third-order valence-electron chi connectivity index (χ3n) is 5.57. The minimum atomic E-state index is -0.521. The molecule has 1 saturated heterocycles. The van der Waals surface area contributed by atoms with Crippen LogP contribution in [0.3, 0.4) is 0 Å². The highest BCUT2D eigenvalue weighted by atomic mass is 16.6. The Hall–Kier alpha value is -2.83. The van der Waals surface area contributed by atoms with E-state index in [2.05, 4.69) is 31.1 Å². The molecule has 2 aromatic rings. The maximum absolute atomic E-state index is 12.6. The number of likely N-dealkylation sites (tertiary alicyclic amines) is 1. The molecule has 0 unspecified atom stereocenters. The molecule has 0 aliphatic carbocycles. The maximum atomic E-state index is 12.6. The van der Waals surface area contributed by atoms with Crippen molar-refractivity contribution in [2.75, 3.05) is 19.7 Å². The average molecular weight is 428 g/mol. The molecular weight excluding hydrogens is 394 g/mol. The standard InChI is InChI=1S/C24H33N3O4/c1-7-30-22(28)20-15-25-27(19-9-8-16(2)17(3)14-19)21(20)18-10-12-26(13-11-18)23(29)31-24(4,5)6/h8-9,14-15,18H,7,10-13H2,1-6H3. The average Bonchev–Trinajstić information content (AvgIpc) is 3.14. The molecule has 7 nitrogen and oxygen atoms in total. The fourth-order valence-electron chi connectivity index (χ4n) is 3.84. The van der Waals surface area contributed by atoms with Crippen LogP contribution in [0.4, 0.5) is 4.79 Å². The van der Waals surface area contributed by atoms with Crippen molar-refractivity contribution in [3.63, 3.8) is 0 Å². The van der Waals surface area contributed by atoms with Gasteiger partial charge >= 0.3 is 12.1 Å². The Balaban J connectivity index is 1.89. The highest BCUT2D eigenvalue weighted by molar-refractivity contribution is 5.90. The largest absolute Gasteiger partial charge is 0.462 e. The Bertz CT molecular complexity index is 950. The third kappa shape index (κ3) is 5.27. The van der Waals surface area contributed by atoms with Gasteiger partial charge in [-0.15, -0.1) is 0 Å². The van der Waals surface area contributed by atoms with Crippen LogP contribution in [0, 0.1) is 13.8 Å². The lowest BCUT2D eigenvalue weighted by Gasteiger charge is -2.34. The highest BCUT2D eigenvalue weighted by Crippen LogP contribution is 2.33. The zero-order valence-corrected chi connectivity index (χ0v) is 19.4. The number of ether oxygens (including phenoxy) is 2. The number of rotatable bonds is 4. The first-order valence-electron chi connectivity index (χ1n) is 10.9. The number of amides is 1. The van der Waals surface area contributed by atoms with E-state index >= 15 is 0 Å². The van der Waals surface area contributed by atoms with Gasteiger partial charge in [-0.25, -0.2) is 14.3 Å². The van der Waals surface area contributed by atoms with E-state index in [0.717, 1.165) is 29.8 Å². The summed E-state index contributed by atoms with van der Waals surface area (Å²) in [5.74, 6) is -0.274. The number of carbonyl (C=O) groups excluding carboxylic acids is 2. The predicted molar refractivity (Wildman–Crippen MR) is 119 cm³/mol. The van der Waals surface area contributed by atoms with Crippen LogP contribution in [0.5, 0.6) is 0 Å². The molecule has 0 atom stereocenters. The second-order valence-electron chi connectivity index (χ2n) is 9.09. The van der Waals surface area contributed by atoms with Crippen molar-refractivity contribution >= 4 is 12.1 Å². The molecule has 3 rings (SSSR count). The molecule has 1 aliphatic heterocycles. The molecule has 2 heterocycles. The lowest BCUT2D eigenvalue weighted by molar-refractivity contribution is 0.0202. The van der Waals surface area contributed by atoms with Crippen molar-refractivity contribution in [1.29, 1.82) is 0 Å². The molecule has 7 heteroatoms. The predicted octanol–water partition coefficient (Wildman–Crippen LogP) is 4.78. The highest BCUT2D eigenvalue weighted by Gasteiger charge is 2.32. The molecule has 0 N–H and O–H groups in total. The number of piperidine rings is 1. The number of aromatic nitrogens is 2. The van der Waals surface area contributed by atoms with Crippen molar-refractivity contribution in [3.8, 4) is 5.69 Å². The topological polar surface area (TPSA) is 73.7 Å². The summed E-state index contributed by atoms with van der Waals surface area (Å²) in [5, 5.41) is 4.55. The number of benzene rings is 1. The second-order valence-corrected chi connectivity index (χ2v) is 9.09. The van der Waals surface area contributed by atoms with E-state index in [1.807, 2.05) is 31.5 Å². The quantitative estimate of drug-likeness (QED) is 0.657. The Morgan fingerprint density at radius 1 is 1.13 bits per heavy atom. The molecular formula is C24H33N3O4. The smallest absolute Gasteiger partial charge is 0.410 e. The zero-order chi connectivity index (χ0) is 22.8.